The second-order valence-corrected chi connectivity index (χ2v) is 6.21. The van der Waals surface area contributed by atoms with Crippen LogP contribution in [0.25, 0.3) is 0 Å². The van der Waals surface area contributed by atoms with Gasteiger partial charge in [-0.3, -0.25) is 4.79 Å². The number of rotatable bonds is 4. The van der Waals surface area contributed by atoms with E-state index < -0.39 is 17.7 Å². The number of carbonyl (C=O) groups excluding carboxylic acids is 1. The van der Waals surface area contributed by atoms with E-state index in [2.05, 4.69) is 10.3 Å². The van der Waals surface area contributed by atoms with E-state index in [1.165, 1.54) is 24.4 Å². The summed E-state index contributed by atoms with van der Waals surface area (Å²) < 4.78 is 50.5. The Morgan fingerprint density at radius 1 is 1.19 bits per heavy atom. The molecular weight excluding hydrogens is 350 g/mol. The third-order valence-corrected chi connectivity index (χ3v) is 4.28. The van der Waals surface area contributed by atoms with Crippen LogP contribution < -0.4 is 10.2 Å². The number of amides is 1. The molecule has 1 atom stereocenters. The molecule has 0 saturated carbocycles. The summed E-state index contributed by atoms with van der Waals surface area (Å²) in [5.41, 5.74) is 0.569. The van der Waals surface area contributed by atoms with Crippen molar-refractivity contribution in [2.45, 2.75) is 25.1 Å². The summed E-state index contributed by atoms with van der Waals surface area (Å²) in [4.78, 5) is 17.7. The first-order valence-corrected chi connectivity index (χ1v) is 8.13. The molecule has 1 fully saturated rings. The van der Waals surface area contributed by atoms with Gasteiger partial charge in [-0.2, -0.15) is 17.6 Å². The minimum atomic E-state index is -4.39. The van der Waals surface area contributed by atoms with Crippen molar-refractivity contribution in [3.8, 4) is 0 Å². The lowest BCUT2D eigenvalue weighted by atomic mass is 10.1. The molecule has 1 aliphatic heterocycles. The average molecular weight is 367 g/mol. The van der Waals surface area contributed by atoms with E-state index in [9.17, 15) is 22.4 Å². The van der Waals surface area contributed by atoms with Gasteiger partial charge < -0.3 is 10.2 Å². The number of hydrogen-bond acceptors (Lipinski definition) is 3. The Morgan fingerprint density at radius 2 is 1.92 bits per heavy atom. The summed E-state index contributed by atoms with van der Waals surface area (Å²) >= 11 is 0. The molecule has 1 aromatic heterocycles. The van der Waals surface area contributed by atoms with E-state index in [0.717, 1.165) is 24.2 Å². The zero-order chi connectivity index (χ0) is 18.7. The van der Waals surface area contributed by atoms with Crippen molar-refractivity contribution in [2.24, 2.45) is 0 Å². The molecule has 0 spiro atoms. The van der Waals surface area contributed by atoms with Crippen molar-refractivity contribution in [3.05, 3.63) is 59.7 Å². The van der Waals surface area contributed by atoms with Crippen LogP contribution in [-0.2, 0) is 17.4 Å². The van der Waals surface area contributed by atoms with Gasteiger partial charge in [-0.1, -0.05) is 12.1 Å². The molecule has 0 unspecified atom stereocenters. The first-order valence-electron chi connectivity index (χ1n) is 8.13. The quantitative estimate of drug-likeness (QED) is 0.667. The minimum Gasteiger partial charge on any atom is -0.368 e. The maximum atomic E-state index is 12.9. The molecule has 1 saturated heterocycles. The molecule has 138 valence electrons. The van der Waals surface area contributed by atoms with Crippen LogP contribution in [0.5, 0.6) is 0 Å². The molecule has 1 N–H and O–H groups in total. The molecule has 2 heterocycles. The lowest BCUT2D eigenvalue weighted by Crippen LogP contribution is -2.38. The van der Waals surface area contributed by atoms with Crippen molar-refractivity contribution in [1.82, 2.24) is 10.3 Å². The van der Waals surface area contributed by atoms with E-state index in [4.69, 9.17) is 0 Å². The molecule has 1 aliphatic rings. The van der Waals surface area contributed by atoms with Crippen LogP contribution in [0.4, 0.5) is 23.2 Å². The number of anilines is 1. The molecule has 3 rings (SSSR count). The maximum Gasteiger partial charge on any atom is 0.416 e. The molecule has 1 aromatic carbocycles. The van der Waals surface area contributed by atoms with Crippen molar-refractivity contribution in [2.75, 3.05) is 18.0 Å². The van der Waals surface area contributed by atoms with Crippen LogP contribution in [-0.4, -0.2) is 30.0 Å². The summed E-state index contributed by atoms with van der Waals surface area (Å²) in [6.45, 7) is 1.28. The molecule has 0 aliphatic carbocycles. The third-order valence-electron chi connectivity index (χ3n) is 4.28. The molecule has 0 radical (unpaired) electrons. The first-order chi connectivity index (χ1) is 12.3. The number of carbonyl (C=O) groups is 1. The lowest BCUT2D eigenvalue weighted by molar-refractivity contribution is -0.137. The molecule has 1 amide bonds. The molecule has 26 heavy (non-hydrogen) atoms. The highest BCUT2D eigenvalue weighted by atomic mass is 19.4. The number of benzene rings is 1. The van der Waals surface area contributed by atoms with Gasteiger partial charge in [0.2, 0.25) is 11.9 Å². The van der Waals surface area contributed by atoms with E-state index in [1.807, 2.05) is 4.90 Å². The van der Waals surface area contributed by atoms with Crippen LogP contribution in [0.15, 0.2) is 42.6 Å². The fourth-order valence-electron chi connectivity index (χ4n) is 2.94. The van der Waals surface area contributed by atoms with Gasteiger partial charge in [0.15, 0.2) is 0 Å². The number of nitrogens with zero attached hydrogens (tertiary/aromatic N) is 2. The highest BCUT2D eigenvalue weighted by Gasteiger charge is 2.30. The van der Waals surface area contributed by atoms with Crippen molar-refractivity contribution < 1.29 is 22.4 Å². The Balaban J connectivity index is 1.52. The molecule has 4 nitrogen and oxygen atoms in total. The molecular formula is C18H17F4N3O. The van der Waals surface area contributed by atoms with Crippen LogP contribution in [0, 0.1) is 5.95 Å². The normalized spacial score (nSPS) is 17.4. The highest BCUT2D eigenvalue weighted by Crippen LogP contribution is 2.29. The Hall–Kier alpha value is -2.64. The Kier molecular flexibility index (Phi) is 5.11. The molecule has 8 heteroatoms. The zero-order valence-electron chi connectivity index (χ0n) is 13.8. The van der Waals surface area contributed by atoms with Gasteiger partial charge in [-0.15, -0.1) is 0 Å². The van der Waals surface area contributed by atoms with Gasteiger partial charge in [-0.05, 0) is 36.2 Å². The van der Waals surface area contributed by atoms with Crippen molar-refractivity contribution in [3.63, 3.8) is 0 Å². The van der Waals surface area contributed by atoms with E-state index >= 15 is 0 Å². The van der Waals surface area contributed by atoms with Gasteiger partial charge in [-0.25, -0.2) is 4.98 Å². The Morgan fingerprint density at radius 3 is 2.54 bits per heavy atom. The maximum absolute atomic E-state index is 12.9. The van der Waals surface area contributed by atoms with Crippen LogP contribution in [0.1, 0.15) is 17.5 Å². The number of aromatic nitrogens is 1. The van der Waals surface area contributed by atoms with Gasteiger partial charge >= 0.3 is 6.18 Å². The predicted molar refractivity (Wildman–Crippen MR) is 88.1 cm³/mol. The average Bonchev–Trinajstić information content (AvgIpc) is 3.03. The van der Waals surface area contributed by atoms with Gasteiger partial charge in [0.1, 0.15) is 0 Å². The highest BCUT2D eigenvalue weighted by molar-refractivity contribution is 5.79. The number of nitrogens with one attached hydrogen (secondary N) is 1. The SMILES string of the molecule is O=C(Cc1ccc(C(F)(F)F)cc1)N[C@@H]1CCN(c2ccc(F)nc2)C1. The zero-order valence-corrected chi connectivity index (χ0v) is 13.8. The third kappa shape index (κ3) is 4.50. The Bertz CT molecular complexity index is 760. The first kappa shape index (κ1) is 18.2. The van der Waals surface area contributed by atoms with Crippen LogP contribution in [0.3, 0.4) is 0 Å². The predicted octanol–water partition coefficient (Wildman–Crippen LogP) is 3.18. The van der Waals surface area contributed by atoms with Crippen molar-refractivity contribution in [1.29, 1.82) is 0 Å². The number of hydrogen-bond donors (Lipinski definition) is 1. The number of alkyl halides is 3. The molecule has 0 bridgehead atoms. The van der Waals surface area contributed by atoms with Crippen LogP contribution >= 0.6 is 0 Å². The monoisotopic (exact) mass is 367 g/mol. The second-order valence-electron chi connectivity index (χ2n) is 6.21. The van der Waals surface area contributed by atoms with E-state index in [1.54, 1.807) is 6.07 Å². The van der Waals surface area contributed by atoms with Crippen molar-refractivity contribution >= 4 is 11.6 Å². The summed E-state index contributed by atoms with van der Waals surface area (Å²) in [6, 6.07) is 7.42. The number of halogens is 4. The lowest BCUT2D eigenvalue weighted by Gasteiger charge is -2.18. The summed E-state index contributed by atoms with van der Waals surface area (Å²) in [7, 11) is 0. The Labute approximate surface area is 147 Å². The standard InChI is InChI=1S/C18H17F4N3O/c19-16-6-5-15(10-23-16)25-8-7-14(11-25)24-17(26)9-12-1-3-13(4-2-12)18(20,21)22/h1-6,10,14H,7-9,11H2,(H,24,26)/t14-/m1/s1. The summed E-state index contributed by atoms with van der Waals surface area (Å²) in [6.07, 6.45) is -2.19. The van der Waals surface area contributed by atoms with Gasteiger partial charge in [0.25, 0.3) is 0 Å². The fraction of sp³-hybridized carbons (Fsp3) is 0.333. The van der Waals surface area contributed by atoms with E-state index in [0.29, 0.717) is 18.7 Å². The summed E-state index contributed by atoms with van der Waals surface area (Å²) in [5, 5.41) is 2.89. The fourth-order valence-corrected chi connectivity index (χ4v) is 2.94. The largest absolute Gasteiger partial charge is 0.416 e. The topological polar surface area (TPSA) is 45.2 Å². The smallest absolute Gasteiger partial charge is 0.368 e. The van der Waals surface area contributed by atoms with Gasteiger partial charge in [0, 0.05) is 19.1 Å². The second kappa shape index (κ2) is 7.31. The number of pyridine rings is 1. The van der Waals surface area contributed by atoms with Crippen LogP contribution in [0.2, 0.25) is 0 Å². The summed E-state index contributed by atoms with van der Waals surface area (Å²) in [5.74, 6) is -0.789. The molecule has 2 aromatic rings. The minimum absolute atomic E-state index is 0.0206. The van der Waals surface area contributed by atoms with Gasteiger partial charge in [0.05, 0.1) is 23.9 Å². The van der Waals surface area contributed by atoms with E-state index in [-0.39, 0.29) is 18.4 Å².